The van der Waals surface area contributed by atoms with E-state index in [1.165, 1.54) is 23.9 Å². The summed E-state index contributed by atoms with van der Waals surface area (Å²) in [4.78, 5) is 38.3. The van der Waals surface area contributed by atoms with E-state index in [2.05, 4.69) is 5.10 Å². The van der Waals surface area contributed by atoms with Crippen molar-refractivity contribution < 1.29 is 14.0 Å². The molecule has 0 aliphatic heterocycles. The monoisotopic (exact) mass is 442 g/mol. The number of fused-ring (bicyclic) bond motifs is 3. The van der Waals surface area contributed by atoms with Gasteiger partial charge < -0.3 is 4.42 Å². The Morgan fingerprint density at radius 3 is 2.44 bits per heavy atom. The van der Waals surface area contributed by atoms with Crippen molar-refractivity contribution >= 4 is 44.9 Å². The highest BCUT2D eigenvalue weighted by Gasteiger charge is 2.24. The molecule has 3 aromatic carbocycles. The van der Waals surface area contributed by atoms with Gasteiger partial charge in [-0.05, 0) is 47.2 Å². The van der Waals surface area contributed by atoms with Crippen molar-refractivity contribution in [1.29, 1.82) is 0 Å². The normalized spacial score (nSPS) is 11.2. The Bertz CT molecular complexity index is 1600. The van der Waals surface area contributed by atoms with Crippen molar-refractivity contribution in [1.82, 2.24) is 9.78 Å². The van der Waals surface area contributed by atoms with Gasteiger partial charge in [0.1, 0.15) is 16.8 Å². The van der Waals surface area contributed by atoms with Gasteiger partial charge in [-0.15, -0.1) is 0 Å². The molecule has 32 heavy (non-hydrogen) atoms. The predicted octanol–water partition coefficient (Wildman–Crippen LogP) is 5.22. The summed E-state index contributed by atoms with van der Waals surface area (Å²) in [7, 11) is 0. The van der Waals surface area contributed by atoms with Crippen LogP contribution in [0.15, 0.2) is 82.1 Å². The van der Waals surface area contributed by atoms with Crippen molar-refractivity contribution in [2.45, 2.75) is 6.92 Å². The summed E-state index contributed by atoms with van der Waals surface area (Å²) in [6, 6.07) is 19.5. The van der Waals surface area contributed by atoms with E-state index in [1.807, 2.05) is 30.3 Å². The predicted molar refractivity (Wildman–Crippen MR) is 122 cm³/mol. The van der Waals surface area contributed by atoms with Crippen LogP contribution in [0, 0.1) is 0 Å². The molecule has 0 radical (unpaired) electrons. The molecule has 5 aromatic rings. The third-order valence-corrected chi connectivity index (χ3v) is 5.52. The van der Waals surface area contributed by atoms with Crippen LogP contribution in [0.25, 0.3) is 27.4 Å². The molecular formula is C25H15ClN2O4. The molecule has 7 heteroatoms. The molecule has 2 heterocycles. The Hall–Kier alpha value is -4.03. The molecule has 0 spiro atoms. The standard InChI is InChI=1S/C25H15ClN2O4/c1-14(29)23-21(13-28(27-23)17-9-7-16(26)8-10-17)24(30)20-12-19-18-5-3-2-4-15(18)6-11-22(19)32-25(20)31/h2-13H,1H3. The molecule has 0 amide bonds. The van der Waals surface area contributed by atoms with Crippen molar-refractivity contribution in [3.05, 3.63) is 105 Å². The number of Topliss-reactive ketones (excluding diaryl/α,β-unsaturated/α-hetero) is 1. The van der Waals surface area contributed by atoms with Crippen LogP contribution in [0.2, 0.25) is 5.02 Å². The van der Waals surface area contributed by atoms with Gasteiger partial charge >= 0.3 is 5.63 Å². The molecule has 6 nitrogen and oxygen atoms in total. The molecule has 0 fully saturated rings. The van der Waals surface area contributed by atoms with Crippen LogP contribution in [0.5, 0.6) is 0 Å². The number of carbonyl (C=O) groups excluding carboxylic acids is 2. The fourth-order valence-corrected chi connectivity index (χ4v) is 3.83. The Labute approximate surface area is 186 Å². The minimum Gasteiger partial charge on any atom is -0.422 e. The summed E-state index contributed by atoms with van der Waals surface area (Å²) in [5.74, 6) is -1.02. The fourth-order valence-electron chi connectivity index (χ4n) is 3.70. The summed E-state index contributed by atoms with van der Waals surface area (Å²) in [5.41, 5.74) is 0.0710. The summed E-state index contributed by atoms with van der Waals surface area (Å²) in [5, 5.41) is 7.26. The van der Waals surface area contributed by atoms with E-state index in [0.717, 1.165) is 10.8 Å². The van der Waals surface area contributed by atoms with E-state index in [0.29, 0.717) is 21.7 Å². The van der Waals surface area contributed by atoms with E-state index in [4.69, 9.17) is 16.0 Å². The molecule has 5 rings (SSSR count). The number of carbonyl (C=O) groups is 2. The molecule has 0 aliphatic rings. The van der Waals surface area contributed by atoms with Gasteiger partial charge in [0.05, 0.1) is 11.3 Å². The average molecular weight is 443 g/mol. The maximum Gasteiger partial charge on any atom is 0.347 e. The number of nitrogens with zero attached hydrogens (tertiary/aromatic N) is 2. The highest BCUT2D eigenvalue weighted by atomic mass is 35.5. The molecule has 0 bridgehead atoms. The smallest absolute Gasteiger partial charge is 0.347 e. The highest BCUT2D eigenvalue weighted by molar-refractivity contribution is 6.30. The third kappa shape index (κ3) is 3.31. The Balaban J connectivity index is 1.69. The zero-order valence-corrected chi connectivity index (χ0v) is 17.6. The number of hydrogen-bond acceptors (Lipinski definition) is 5. The SMILES string of the molecule is CC(=O)c1nn(-c2ccc(Cl)cc2)cc1C(=O)c1cc2c(ccc3ccccc32)oc1=O. The average Bonchev–Trinajstić information content (AvgIpc) is 3.24. The van der Waals surface area contributed by atoms with Gasteiger partial charge in [-0.3, -0.25) is 9.59 Å². The molecule has 0 unspecified atom stereocenters. The lowest BCUT2D eigenvalue weighted by molar-refractivity contribution is 0.0986. The molecular weight excluding hydrogens is 428 g/mol. The number of ketones is 2. The molecule has 0 N–H and O–H groups in total. The van der Waals surface area contributed by atoms with Gasteiger partial charge in [0.25, 0.3) is 0 Å². The van der Waals surface area contributed by atoms with Crippen LogP contribution in [-0.2, 0) is 0 Å². The lowest BCUT2D eigenvalue weighted by atomic mass is 10.0. The van der Waals surface area contributed by atoms with Crippen molar-refractivity contribution in [2.24, 2.45) is 0 Å². The van der Waals surface area contributed by atoms with Crippen molar-refractivity contribution in [3.63, 3.8) is 0 Å². The number of rotatable bonds is 4. The fraction of sp³-hybridized carbons (Fsp3) is 0.0400. The van der Waals surface area contributed by atoms with Crippen molar-refractivity contribution in [3.8, 4) is 5.69 Å². The summed E-state index contributed by atoms with van der Waals surface area (Å²) >= 11 is 5.94. The van der Waals surface area contributed by atoms with Gasteiger partial charge in [0.2, 0.25) is 5.78 Å². The second kappa shape index (κ2) is 7.59. The van der Waals surface area contributed by atoms with E-state index in [1.54, 1.807) is 30.3 Å². The minimum absolute atomic E-state index is 0.0256. The van der Waals surface area contributed by atoms with Crippen LogP contribution < -0.4 is 5.63 Å². The summed E-state index contributed by atoms with van der Waals surface area (Å²) in [6.45, 7) is 1.32. The third-order valence-electron chi connectivity index (χ3n) is 5.27. The second-order valence-electron chi connectivity index (χ2n) is 7.34. The maximum absolute atomic E-state index is 13.4. The minimum atomic E-state index is -0.772. The van der Waals surface area contributed by atoms with Gasteiger partial charge in [0.15, 0.2) is 5.78 Å². The molecule has 0 atom stereocenters. The molecule has 0 saturated carbocycles. The van der Waals surface area contributed by atoms with Crippen LogP contribution in [0.4, 0.5) is 0 Å². The van der Waals surface area contributed by atoms with Gasteiger partial charge in [0, 0.05) is 23.5 Å². The van der Waals surface area contributed by atoms with Gasteiger partial charge in [-0.25, -0.2) is 9.48 Å². The topological polar surface area (TPSA) is 82.2 Å². The highest BCUT2D eigenvalue weighted by Crippen LogP contribution is 2.26. The van der Waals surface area contributed by atoms with Crippen LogP contribution in [0.3, 0.4) is 0 Å². The number of hydrogen-bond donors (Lipinski definition) is 0. The first-order chi connectivity index (χ1) is 15.4. The molecule has 2 aromatic heterocycles. The van der Waals surface area contributed by atoms with Crippen LogP contribution in [-0.4, -0.2) is 21.3 Å². The van der Waals surface area contributed by atoms with Gasteiger partial charge in [-0.1, -0.05) is 41.9 Å². The quantitative estimate of drug-likeness (QED) is 0.216. The van der Waals surface area contributed by atoms with Gasteiger partial charge in [-0.2, -0.15) is 5.10 Å². The molecule has 0 aliphatic carbocycles. The first kappa shape index (κ1) is 19.9. The van der Waals surface area contributed by atoms with E-state index < -0.39 is 17.2 Å². The first-order valence-electron chi connectivity index (χ1n) is 9.79. The second-order valence-corrected chi connectivity index (χ2v) is 7.78. The number of halogens is 1. The summed E-state index contributed by atoms with van der Waals surface area (Å²) in [6.07, 6.45) is 1.44. The van der Waals surface area contributed by atoms with Crippen molar-refractivity contribution in [2.75, 3.05) is 0 Å². The largest absolute Gasteiger partial charge is 0.422 e. The number of benzene rings is 3. The zero-order valence-electron chi connectivity index (χ0n) is 16.8. The lowest BCUT2D eigenvalue weighted by Gasteiger charge is -2.05. The maximum atomic E-state index is 13.4. The Morgan fingerprint density at radius 1 is 0.938 bits per heavy atom. The Morgan fingerprint density at radius 2 is 1.69 bits per heavy atom. The van der Waals surface area contributed by atoms with E-state index in [-0.39, 0.29) is 16.8 Å². The number of aromatic nitrogens is 2. The van der Waals surface area contributed by atoms with Crippen LogP contribution in [0.1, 0.15) is 33.3 Å². The Kier molecular flexibility index (Phi) is 4.72. The lowest BCUT2D eigenvalue weighted by Crippen LogP contribution is -2.16. The van der Waals surface area contributed by atoms with E-state index in [9.17, 15) is 14.4 Å². The van der Waals surface area contributed by atoms with Crippen LogP contribution >= 0.6 is 11.6 Å². The zero-order chi connectivity index (χ0) is 22.4. The molecule has 0 saturated heterocycles. The molecule has 156 valence electrons. The summed E-state index contributed by atoms with van der Waals surface area (Å²) < 4.78 is 6.86. The first-order valence-corrected chi connectivity index (χ1v) is 10.2. The van der Waals surface area contributed by atoms with E-state index >= 15 is 0 Å².